The normalized spacial score (nSPS) is 35.1. The molecule has 11 nitrogen and oxygen atoms in total. The van der Waals surface area contributed by atoms with Crippen molar-refractivity contribution >= 4 is 25.0 Å². The van der Waals surface area contributed by atoms with E-state index in [4.69, 9.17) is 23.0 Å². The fourth-order valence-corrected chi connectivity index (χ4v) is 4.94. The highest BCUT2D eigenvalue weighted by molar-refractivity contribution is 7.48. The summed E-state index contributed by atoms with van der Waals surface area (Å²) in [5, 5.41) is 0. The molecule has 2 aliphatic rings. The maximum atomic E-state index is 12.5. The third kappa shape index (κ3) is 2.94. The van der Waals surface area contributed by atoms with Crippen molar-refractivity contribution in [2.24, 2.45) is 0 Å². The minimum Gasteiger partial charge on any atom is -0.452 e. The molecule has 0 unspecified atom stereocenters. The van der Waals surface area contributed by atoms with E-state index in [1.54, 1.807) is 24.7 Å². The van der Waals surface area contributed by atoms with Crippen molar-refractivity contribution in [3.63, 3.8) is 0 Å². The molecule has 0 N–H and O–H groups in total. The van der Waals surface area contributed by atoms with Crippen LogP contribution in [0.3, 0.4) is 0 Å². The van der Waals surface area contributed by atoms with Gasteiger partial charge in [0.15, 0.2) is 17.5 Å². The summed E-state index contributed by atoms with van der Waals surface area (Å²) in [5.74, 6) is 0.0327. The minimum absolute atomic E-state index is 0.0389. The van der Waals surface area contributed by atoms with E-state index in [0.717, 1.165) is 0 Å². The van der Waals surface area contributed by atoms with Gasteiger partial charge in [0.25, 0.3) is 0 Å². The van der Waals surface area contributed by atoms with Gasteiger partial charge >= 0.3 is 13.8 Å². The van der Waals surface area contributed by atoms with Crippen LogP contribution >= 0.6 is 7.82 Å². The number of rotatable bonds is 3. The summed E-state index contributed by atoms with van der Waals surface area (Å²) in [6.45, 7) is 6.51. The molecule has 4 heterocycles. The quantitative estimate of drug-likeness (QED) is 0.545. The number of aromatic nitrogens is 4. The van der Waals surface area contributed by atoms with Gasteiger partial charge in [-0.1, -0.05) is 0 Å². The van der Waals surface area contributed by atoms with E-state index >= 15 is 0 Å². The third-order valence-electron chi connectivity index (χ3n) is 4.88. The van der Waals surface area contributed by atoms with Crippen LogP contribution in [0.15, 0.2) is 6.33 Å². The number of carbonyl (C=O) groups is 1. The first-order valence-electron chi connectivity index (χ1n) is 8.68. The molecule has 0 aliphatic carbocycles. The van der Waals surface area contributed by atoms with E-state index in [1.807, 2.05) is 6.92 Å². The SMILES string of the molecule is CO[P@]1(=O)OC[C@H]2O[C@@H](n3cnc4c(C)nc(C)nc43)[C@](C)(OC(C)=O)[C@@H]2O1. The number of fused-ring (bicyclic) bond motifs is 2. The number of carbonyl (C=O) groups excluding carboxylic acids is 1. The highest BCUT2D eigenvalue weighted by Crippen LogP contribution is 2.59. The Hall–Kier alpha value is -1.91. The van der Waals surface area contributed by atoms with E-state index in [1.165, 1.54) is 14.0 Å². The van der Waals surface area contributed by atoms with Gasteiger partial charge in [0.2, 0.25) is 0 Å². The zero-order valence-electron chi connectivity index (χ0n) is 16.1. The van der Waals surface area contributed by atoms with Crippen LogP contribution in [0.4, 0.5) is 0 Å². The van der Waals surface area contributed by atoms with Gasteiger partial charge in [0, 0.05) is 14.0 Å². The Kier molecular flexibility index (Phi) is 4.55. The fraction of sp³-hybridized carbons (Fsp3) is 0.625. The van der Waals surface area contributed by atoms with E-state index < -0.39 is 37.8 Å². The second-order valence-corrected chi connectivity index (χ2v) is 8.66. The molecule has 0 amide bonds. The molecule has 2 aliphatic heterocycles. The lowest BCUT2D eigenvalue weighted by Gasteiger charge is -2.37. The zero-order chi connectivity index (χ0) is 20.3. The minimum atomic E-state index is -3.78. The number of ether oxygens (including phenoxy) is 2. The number of phosphoric acid groups is 1. The molecular weight excluding hydrogens is 391 g/mol. The van der Waals surface area contributed by atoms with Gasteiger partial charge < -0.3 is 9.47 Å². The second-order valence-electron chi connectivity index (χ2n) is 6.94. The molecule has 2 saturated heterocycles. The Labute approximate surface area is 160 Å². The zero-order valence-corrected chi connectivity index (χ0v) is 17.0. The van der Waals surface area contributed by atoms with Crippen molar-refractivity contribution in [1.29, 1.82) is 0 Å². The average Bonchev–Trinajstić information content (AvgIpc) is 3.14. The van der Waals surface area contributed by atoms with Gasteiger partial charge in [0.1, 0.15) is 23.5 Å². The molecular formula is C16H21N4O7P. The number of imidazole rings is 1. The molecule has 4 rings (SSSR count). The first kappa shape index (κ1) is 19.4. The molecule has 0 spiro atoms. The lowest BCUT2D eigenvalue weighted by Crippen LogP contribution is -2.50. The van der Waals surface area contributed by atoms with E-state index in [0.29, 0.717) is 22.7 Å². The van der Waals surface area contributed by atoms with Crippen molar-refractivity contribution in [2.45, 2.75) is 51.7 Å². The number of aryl methyl sites for hydroxylation is 2. The molecule has 2 aromatic rings. The fourth-order valence-electron chi connectivity index (χ4n) is 3.74. The average molecular weight is 412 g/mol. The molecule has 2 fully saturated rings. The summed E-state index contributed by atoms with van der Waals surface area (Å²) in [4.78, 5) is 25.0. The smallest absolute Gasteiger partial charge is 0.452 e. The van der Waals surface area contributed by atoms with E-state index in [9.17, 15) is 9.36 Å². The van der Waals surface area contributed by atoms with Crippen LogP contribution < -0.4 is 0 Å². The Morgan fingerprint density at radius 2 is 2.14 bits per heavy atom. The molecule has 12 heteroatoms. The Morgan fingerprint density at radius 1 is 1.39 bits per heavy atom. The summed E-state index contributed by atoms with van der Waals surface area (Å²) >= 11 is 0. The van der Waals surface area contributed by atoms with E-state index in [2.05, 4.69) is 15.0 Å². The molecule has 5 atom stereocenters. The summed E-state index contributed by atoms with van der Waals surface area (Å²) in [7, 11) is -2.55. The van der Waals surface area contributed by atoms with Crippen molar-refractivity contribution in [2.75, 3.05) is 13.7 Å². The highest BCUT2D eigenvalue weighted by Gasteiger charge is 2.63. The Bertz CT molecular complexity index is 995. The molecule has 0 aromatic carbocycles. The van der Waals surface area contributed by atoms with Gasteiger partial charge in [-0.2, -0.15) is 0 Å². The van der Waals surface area contributed by atoms with Gasteiger partial charge in [-0.05, 0) is 20.8 Å². The maximum Gasteiger partial charge on any atom is 0.475 e. The first-order chi connectivity index (χ1) is 13.2. The van der Waals surface area contributed by atoms with Gasteiger partial charge in [-0.15, -0.1) is 0 Å². The standard InChI is InChI=1S/C16H21N4O7P/c1-8-12-14(19-9(2)18-8)20(7-17-12)15-16(4,26-10(3)21)13-11(25-15)6-24-28(22,23-5)27-13/h7,11,13,15H,6H2,1-5H3/t11-,13-,15-,16-,28-/m1/s1. The highest BCUT2D eigenvalue weighted by atomic mass is 31.2. The van der Waals surface area contributed by atoms with Crippen molar-refractivity contribution in [3.8, 4) is 0 Å². The number of nitrogens with zero attached hydrogens (tertiary/aromatic N) is 4. The van der Waals surface area contributed by atoms with Crippen LogP contribution in [0.5, 0.6) is 0 Å². The topological polar surface area (TPSA) is 124 Å². The number of hydrogen-bond donors (Lipinski definition) is 0. The molecule has 152 valence electrons. The first-order valence-corrected chi connectivity index (χ1v) is 10.1. The van der Waals surface area contributed by atoms with Gasteiger partial charge in [-0.3, -0.25) is 22.9 Å². The van der Waals surface area contributed by atoms with Crippen molar-refractivity contribution < 1.29 is 32.4 Å². The summed E-state index contributed by atoms with van der Waals surface area (Å²) < 4.78 is 41.6. The third-order valence-corrected chi connectivity index (χ3v) is 6.28. The number of hydrogen-bond acceptors (Lipinski definition) is 10. The summed E-state index contributed by atoms with van der Waals surface area (Å²) in [5.41, 5.74) is 0.528. The molecule has 28 heavy (non-hydrogen) atoms. The predicted molar refractivity (Wildman–Crippen MR) is 94.3 cm³/mol. The van der Waals surface area contributed by atoms with Crippen molar-refractivity contribution in [3.05, 3.63) is 17.8 Å². The van der Waals surface area contributed by atoms with Crippen LogP contribution in [0, 0.1) is 13.8 Å². The molecule has 0 bridgehead atoms. The van der Waals surface area contributed by atoms with Crippen LogP contribution in [0.2, 0.25) is 0 Å². The molecule has 0 radical (unpaired) electrons. The summed E-state index contributed by atoms with van der Waals surface area (Å²) in [6, 6.07) is 0. The van der Waals surface area contributed by atoms with Crippen molar-refractivity contribution in [1.82, 2.24) is 19.5 Å². The van der Waals surface area contributed by atoms with Gasteiger partial charge in [0.05, 0.1) is 18.6 Å². The van der Waals surface area contributed by atoms with Crippen LogP contribution in [-0.4, -0.2) is 57.0 Å². The second kappa shape index (κ2) is 6.57. The molecule has 2 aromatic heterocycles. The number of phosphoric ester groups is 1. The van der Waals surface area contributed by atoms with Crippen LogP contribution in [-0.2, 0) is 32.4 Å². The Balaban J connectivity index is 1.83. The number of esters is 1. The van der Waals surface area contributed by atoms with Gasteiger partial charge in [-0.25, -0.2) is 19.5 Å². The molecule has 0 saturated carbocycles. The summed E-state index contributed by atoms with van der Waals surface area (Å²) in [6.07, 6.45) is -0.792. The lowest BCUT2D eigenvalue weighted by molar-refractivity contribution is -0.175. The van der Waals surface area contributed by atoms with E-state index in [-0.39, 0.29) is 6.61 Å². The van der Waals surface area contributed by atoms with Crippen LogP contribution in [0.25, 0.3) is 11.2 Å². The largest absolute Gasteiger partial charge is 0.475 e. The van der Waals surface area contributed by atoms with Crippen LogP contribution in [0.1, 0.15) is 31.6 Å². The Morgan fingerprint density at radius 3 is 2.82 bits per heavy atom. The predicted octanol–water partition coefficient (Wildman–Crippen LogP) is 1.83. The maximum absolute atomic E-state index is 12.5. The monoisotopic (exact) mass is 412 g/mol. The lowest BCUT2D eigenvalue weighted by atomic mass is 9.96.